The van der Waals surface area contributed by atoms with Gasteiger partial charge < -0.3 is 4.90 Å². The van der Waals surface area contributed by atoms with E-state index in [1.54, 1.807) is 0 Å². The minimum Gasteiger partial charge on any atom is -0.328 e. The van der Waals surface area contributed by atoms with Crippen molar-refractivity contribution in [3.05, 3.63) is 169 Å². The van der Waals surface area contributed by atoms with Crippen LogP contribution in [0.4, 0.5) is 11.4 Å². The van der Waals surface area contributed by atoms with Crippen molar-refractivity contribution >= 4 is 11.4 Å². The van der Waals surface area contributed by atoms with Gasteiger partial charge in [-0.3, -0.25) is 4.57 Å². The molecule has 5 aromatic carbocycles. The van der Waals surface area contributed by atoms with Gasteiger partial charge in [0.05, 0.1) is 11.9 Å². The van der Waals surface area contributed by atoms with E-state index in [0.717, 1.165) is 34.1 Å². The Labute approximate surface area is 217 Å². The lowest BCUT2D eigenvalue weighted by molar-refractivity contribution is 0.763. The molecule has 0 saturated heterocycles. The molecule has 0 saturated carbocycles. The Bertz CT molecular complexity index is 1510. The Morgan fingerprint density at radius 1 is 0.514 bits per heavy atom. The molecule has 6 aromatic rings. The topological polar surface area (TPSA) is 21.1 Å². The van der Waals surface area contributed by atoms with E-state index in [-0.39, 0.29) is 6.04 Å². The predicted octanol–water partition coefficient (Wildman–Crippen LogP) is 8.47. The lowest BCUT2D eigenvalue weighted by Gasteiger charge is -2.35. The van der Waals surface area contributed by atoms with Gasteiger partial charge in [-0.05, 0) is 42.0 Å². The normalized spacial score (nSPS) is 11.7. The third-order valence-electron chi connectivity index (χ3n) is 6.56. The van der Waals surface area contributed by atoms with E-state index in [1.165, 1.54) is 5.56 Å². The molecular weight excluding hydrogens is 450 g/mol. The quantitative estimate of drug-likeness (QED) is 0.230. The van der Waals surface area contributed by atoms with Crippen LogP contribution in [0.15, 0.2) is 158 Å². The van der Waals surface area contributed by atoms with Gasteiger partial charge in [0.25, 0.3) is 0 Å². The number of aromatic nitrogens is 2. The highest BCUT2D eigenvalue weighted by Crippen LogP contribution is 2.41. The molecule has 0 bridgehead atoms. The van der Waals surface area contributed by atoms with Crippen LogP contribution in [0.2, 0.25) is 0 Å². The molecule has 6 rings (SSSR count). The van der Waals surface area contributed by atoms with Crippen molar-refractivity contribution in [2.75, 3.05) is 4.90 Å². The Balaban J connectivity index is 1.65. The van der Waals surface area contributed by atoms with Gasteiger partial charge in [0.2, 0.25) is 0 Å². The summed E-state index contributed by atoms with van der Waals surface area (Å²) in [5, 5.41) is 0. The Morgan fingerprint density at radius 2 is 0.973 bits per heavy atom. The van der Waals surface area contributed by atoms with Gasteiger partial charge in [-0.1, -0.05) is 115 Å². The van der Waals surface area contributed by atoms with Crippen molar-refractivity contribution in [3.63, 3.8) is 0 Å². The van der Waals surface area contributed by atoms with Crippen LogP contribution in [-0.2, 0) is 0 Å². The van der Waals surface area contributed by atoms with Crippen molar-refractivity contribution < 1.29 is 0 Å². The SMILES string of the molecule is c1ccc(-c2ncc(C(c3ccccc3)N(c3ccccc3)c3ccccc3)n2-c2ccccc2)cc1. The molecule has 1 atom stereocenters. The van der Waals surface area contributed by atoms with Gasteiger partial charge in [-0.2, -0.15) is 0 Å². The van der Waals surface area contributed by atoms with E-state index in [4.69, 9.17) is 4.98 Å². The summed E-state index contributed by atoms with van der Waals surface area (Å²) in [6.07, 6.45) is 2.03. The Morgan fingerprint density at radius 3 is 1.51 bits per heavy atom. The molecule has 3 heteroatoms. The lowest BCUT2D eigenvalue weighted by Crippen LogP contribution is -2.27. The fourth-order valence-corrected chi connectivity index (χ4v) is 4.91. The molecule has 0 aliphatic carbocycles. The first-order valence-corrected chi connectivity index (χ1v) is 12.5. The van der Waals surface area contributed by atoms with Crippen LogP contribution >= 0.6 is 0 Å². The molecule has 1 aromatic heterocycles. The van der Waals surface area contributed by atoms with E-state index in [9.17, 15) is 0 Å². The molecular formula is C34H27N3. The zero-order chi connectivity index (χ0) is 24.9. The minimum absolute atomic E-state index is 0.129. The van der Waals surface area contributed by atoms with Crippen molar-refractivity contribution in [2.45, 2.75) is 6.04 Å². The summed E-state index contributed by atoms with van der Waals surface area (Å²) in [5.74, 6) is 0.920. The van der Waals surface area contributed by atoms with Gasteiger partial charge in [-0.25, -0.2) is 4.98 Å². The van der Waals surface area contributed by atoms with Gasteiger partial charge >= 0.3 is 0 Å². The number of imidazole rings is 1. The summed E-state index contributed by atoms with van der Waals surface area (Å²) >= 11 is 0. The van der Waals surface area contributed by atoms with Gasteiger partial charge in [0, 0.05) is 22.6 Å². The molecule has 1 unspecified atom stereocenters. The molecule has 0 aliphatic heterocycles. The first kappa shape index (κ1) is 22.6. The van der Waals surface area contributed by atoms with Crippen LogP contribution in [0.1, 0.15) is 17.3 Å². The van der Waals surface area contributed by atoms with E-state index in [0.29, 0.717) is 0 Å². The van der Waals surface area contributed by atoms with E-state index < -0.39 is 0 Å². The highest BCUT2D eigenvalue weighted by molar-refractivity contribution is 5.68. The lowest BCUT2D eigenvalue weighted by atomic mass is 9.99. The molecule has 178 valence electrons. The second kappa shape index (κ2) is 10.4. The third-order valence-corrected chi connectivity index (χ3v) is 6.56. The Kier molecular flexibility index (Phi) is 6.33. The maximum Gasteiger partial charge on any atom is 0.144 e. The highest BCUT2D eigenvalue weighted by Gasteiger charge is 2.29. The molecule has 0 N–H and O–H groups in total. The van der Waals surface area contributed by atoms with Gasteiger partial charge in [0.1, 0.15) is 11.9 Å². The second-order valence-electron chi connectivity index (χ2n) is 8.90. The molecule has 1 heterocycles. The first-order valence-electron chi connectivity index (χ1n) is 12.5. The van der Waals surface area contributed by atoms with Crippen molar-refractivity contribution in [1.29, 1.82) is 0 Å². The highest BCUT2D eigenvalue weighted by atomic mass is 15.2. The van der Waals surface area contributed by atoms with Gasteiger partial charge in [-0.15, -0.1) is 0 Å². The summed E-state index contributed by atoms with van der Waals surface area (Å²) in [7, 11) is 0. The number of para-hydroxylation sites is 3. The van der Waals surface area contributed by atoms with Crippen LogP contribution in [-0.4, -0.2) is 9.55 Å². The minimum atomic E-state index is -0.129. The predicted molar refractivity (Wildman–Crippen MR) is 152 cm³/mol. The average Bonchev–Trinajstić information content (AvgIpc) is 3.43. The third kappa shape index (κ3) is 4.55. The van der Waals surface area contributed by atoms with E-state index >= 15 is 0 Å². The van der Waals surface area contributed by atoms with Crippen LogP contribution in [0.3, 0.4) is 0 Å². The molecule has 0 amide bonds. The van der Waals surface area contributed by atoms with Crippen molar-refractivity contribution in [1.82, 2.24) is 9.55 Å². The maximum atomic E-state index is 5.02. The zero-order valence-electron chi connectivity index (χ0n) is 20.4. The molecule has 0 fully saturated rings. The van der Waals surface area contributed by atoms with Crippen molar-refractivity contribution in [2.24, 2.45) is 0 Å². The number of rotatable bonds is 7. The summed E-state index contributed by atoms with van der Waals surface area (Å²) in [6, 6.07) is 52.7. The van der Waals surface area contributed by atoms with E-state index in [1.807, 2.05) is 12.3 Å². The molecule has 0 radical (unpaired) electrons. The average molecular weight is 478 g/mol. The molecule has 0 aliphatic rings. The molecule has 0 spiro atoms. The molecule has 3 nitrogen and oxygen atoms in total. The number of hydrogen-bond acceptors (Lipinski definition) is 2. The molecule has 37 heavy (non-hydrogen) atoms. The smallest absolute Gasteiger partial charge is 0.144 e. The van der Waals surface area contributed by atoms with Crippen LogP contribution in [0, 0.1) is 0 Å². The summed E-state index contributed by atoms with van der Waals surface area (Å²) < 4.78 is 2.30. The van der Waals surface area contributed by atoms with Crippen LogP contribution in [0.25, 0.3) is 17.1 Å². The standard InChI is InChI=1S/C34H27N3/c1-6-16-27(17-7-1)33(36(29-20-10-3-11-21-29)30-22-12-4-13-23-30)32-26-35-34(28-18-8-2-9-19-28)37(32)31-24-14-5-15-25-31/h1-26,33H. The number of nitrogens with zero attached hydrogens (tertiary/aromatic N) is 3. The monoisotopic (exact) mass is 477 g/mol. The number of hydrogen-bond donors (Lipinski definition) is 0. The number of benzene rings is 5. The van der Waals surface area contributed by atoms with Crippen LogP contribution in [0.5, 0.6) is 0 Å². The number of anilines is 2. The summed E-state index contributed by atoms with van der Waals surface area (Å²) in [6.45, 7) is 0. The fourth-order valence-electron chi connectivity index (χ4n) is 4.91. The maximum absolute atomic E-state index is 5.02. The van der Waals surface area contributed by atoms with Crippen molar-refractivity contribution in [3.8, 4) is 17.1 Å². The summed E-state index contributed by atoms with van der Waals surface area (Å²) in [4.78, 5) is 7.42. The largest absolute Gasteiger partial charge is 0.328 e. The van der Waals surface area contributed by atoms with Gasteiger partial charge in [0.15, 0.2) is 0 Å². The van der Waals surface area contributed by atoms with Crippen LogP contribution < -0.4 is 4.90 Å². The fraction of sp³-hybridized carbons (Fsp3) is 0.0294. The van der Waals surface area contributed by atoms with E-state index in [2.05, 4.69) is 155 Å². The zero-order valence-corrected chi connectivity index (χ0v) is 20.4. The first-order chi connectivity index (χ1) is 18.4. The summed E-state index contributed by atoms with van der Waals surface area (Å²) in [5.41, 5.74) is 6.66. The Hall–Kier alpha value is -4.89. The second-order valence-corrected chi connectivity index (χ2v) is 8.90.